The zero-order valence-corrected chi connectivity index (χ0v) is 8.68. The maximum Gasteiger partial charge on any atom is 0.127 e. The zero-order chi connectivity index (χ0) is 10.6. The van der Waals surface area contributed by atoms with Crippen LogP contribution in [0.3, 0.4) is 0 Å². The van der Waals surface area contributed by atoms with E-state index in [-0.39, 0.29) is 11.9 Å². The SMILES string of the molecule is C=C(C)CC(NC)c1ccccc1F. The molecule has 1 unspecified atom stereocenters. The van der Waals surface area contributed by atoms with Gasteiger partial charge >= 0.3 is 0 Å². The van der Waals surface area contributed by atoms with Gasteiger partial charge in [0.15, 0.2) is 0 Å². The van der Waals surface area contributed by atoms with Crippen LogP contribution in [0.1, 0.15) is 24.9 Å². The van der Waals surface area contributed by atoms with E-state index in [2.05, 4.69) is 11.9 Å². The highest BCUT2D eigenvalue weighted by atomic mass is 19.1. The van der Waals surface area contributed by atoms with E-state index in [9.17, 15) is 4.39 Å². The largest absolute Gasteiger partial charge is 0.313 e. The highest BCUT2D eigenvalue weighted by molar-refractivity contribution is 5.22. The van der Waals surface area contributed by atoms with Crippen LogP contribution in [0.5, 0.6) is 0 Å². The summed E-state index contributed by atoms with van der Waals surface area (Å²) in [7, 11) is 1.83. The summed E-state index contributed by atoms with van der Waals surface area (Å²) in [5, 5.41) is 3.09. The molecule has 0 saturated carbocycles. The van der Waals surface area contributed by atoms with Crippen LogP contribution >= 0.6 is 0 Å². The Kier molecular flexibility index (Phi) is 3.84. The number of hydrogen-bond acceptors (Lipinski definition) is 1. The standard InChI is InChI=1S/C12H16FN/c1-9(2)8-12(14-3)10-6-4-5-7-11(10)13/h4-7,12,14H,1,8H2,2-3H3. The number of halogens is 1. The van der Waals surface area contributed by atoms with Crippen LogP contribution in [0.4, 0.5) is 4.39 Å². The van der Waals surface area contributed by atoms with Crippen molar-refractivity contribution in [2.24, 2.45) is 0 Å². The highest BCUT2D eigenvalue weighted by Crippen LogP contribution is 2.22. The molecule has 0 aliphatic carbocycles. The first-order valence-corrected chi connectivity index (χ1v) is 4.71. The van der Waals surface area contributed by atoms with Gasteiger partial charge in [0.05, 0.1) is 0 Å². The first kappa shape index (κ1) is 10.9. The summed E-state index contributed by atoms with van der Waals surface area (Å²) < 4.78 is 13.4. The lowest BCUT2D eigenvalue weighted by Crippen LogP contribution is -2.17. The molecule has 0 fully saturated rings. The summed E-state index contributed by atoms with van der Waals surface area (Å²) in [5.74, 6) is -0.159. The van der Waals surface area contributed by atoms with Gasteiger partial charge in [-0.05, 0) is 26.5 Å². The Morgan fingerprint density at radius 2 is 2.14 bits per heavy atom. The number of rotatable bonds is 4. The maximum atomic E-state index is 13.4. The topological polar surface area (TPSA) is 12.0 Å². The summed E-state index contributed by atoms with van der Waals surface area (Å²) in [6.45, 7) is 5.79. The predicted molar refractivity (Wildman–Crippen MR) is 57.6 cm³/mol. The van der Waals surface area contributed by atoms with E-state index in [0.717, 1.165) is 12.0 Å². The molecule has 0 bridgehead atoms. The van der Waals surface area contributed by atoms with Crippen LogP contribution < -0.4 is 5.32 Å². The fourth-order valence-corrected chi connectivity index (χ4v) is 1.47. The van der Waals surface area contributed by atoms with Gasteiger partial charge in [-0.2, -0.15) is 0 Å². The van der Waals surface area contributed by atoms with Crippen LogP contribution in [-0.2, 0) is 0 Å². The molecule has 0 radical (unpaired) electrons. The Hall–Kier alpha value is -1.15. The van der Waals surface area contributed by atoms with E-state index in [4.69, 9.17) is 0 Å². The third-order valence-corrected chi connectivity index (χ3v) is 2.18. The van der Waals surface area contributed by atoms with E-state index < -0.39 is 0 Å². The molecule has 2 heteroatoms. The van der Waals surface area contributed by atoms with Crippen molar-refractivity contribution in [3.63, 3.8) is 0 Å². The maximum absolute atomic E-state index is 13.4. The zero-order valence-electron chi connectivity index (χ0n) is 8.68. The normalized spacial score (nSPS) is 12.5. The van der Waals surface area contributed by atoms with Crippen LogP contribution in [0.15, 0.2) is 36.4 Å². The fraction of sp³-hybridized carbons (Fsp3) is 0.333. The lowest BCUT2D eigenvalue weighted by Gasteiger charge is -2.17. The second kappa shape index (κ2) is 4.91. The highest BCUT2D eigenvalue weighted by Gasteiger charge is 2.12. The Morgan fingerprint density at radius 1 is 1.50 bits per heavy atom. The molecule has 0 aliphatic heterocycles. The molecule has 1 rings (SSSR count). The van der Waals surface area contributed by atoms with Gasteiger partial charge in [-0.25, -0.2) is 4.39 Å². The number of hydrogen-bond donors (Lipinski definition) is 1. The van der Waals surface area contributed by atoms with E-state index in [0.29, 0.717) is 5.56 Å². The molecule has 1 atom stereocenters. The minimum atomic E-state index is -0.159. The lowest BCUT2D eigenvalue weighted by molar-refractivity contribution is 0.533. The molecule has 76 valence electrons. The molecule has 1 aromatic carbocycles. The molecule has 1 nitrogen and oxygen atoms in total. The van der Waals surface area contributed by atoms with Crippen molar-refractivity contribution >= 4 is 0 Å². The van der Waals surface area contributed by atoms with Crippen LogP contribution in [-0.4, -0.2) is 7.05 Å². The van der Waals surface area contributed by atoms with Crippen molar-refractivity contribution in [1.29, 1.82) is 0 Å². The van der Waals surface area contributed by atoms with Gasteiger partial charge in [0, 0.05) is 11.6 Å². The minimum absolute atomic E-state index is 0.0219. The fourth-order valence-electron chi connectivity index (χ4n) is 1.47. The molecule has 0 amide bonds. The van der Waals surface area contributed by atoms with Gasteiger partial charge in [0.25, 0.3) is 0 Å². The van der Waals surface area contributed by atoms with E-state index >= 15 is 0 Å². The quantitative estimate of drug-likeness (QED) is 0.725. The molecule has 0 aromatic heterocycles. The average Bonchev–Trinajstić information content (AvgIpc) is 2.15. The van der Waals surface area contributed by atoms with Gasteiger partial charge in [-0.15, -0.1) is 6.58 Å². The van der Waals surface area contributed by atoms with Crippen LogP contribution in [0.2, 0.25) is 0 Å². The van der Waals surface area contributed by atoms with Gasteiger partial charge < -0.3 is 5.32 Å². The van der Waals surface area contributed by atoms with Crippen LogP contribution in [0.25, 0.3) is 0 Å². The first-order chi connectivity index (χ1) is 6.65. The van der Waals surface area contributed by atoms with Crippen molar-refractivity contribution < 1.29 is 4.39 Å². The summed E-state index contributed by atoms with van der Waals surface area (Å²) >= 11 is 0. The number of benzene rings is 1. The molecule has 0 spiro atoms. The second-order valence-corrected chi connectivity index (χ2v) is 3.52. The van der Waals surface area contributed by atoms with Crippen molar-refractivity contribution in [2.45, 2.75) is 19.4 Å². The monoisotopic (exact) mass is 193 g/mol. The third kappa shape index (κ3) is 2.67. The van der Waals surface area contributed by atoms with Crippen molar-refractivity contribution in [3.05, 3.63) is 47.8 Å². The molecular weight excluding hydrogens is 177 g/mol. The van der Waals surface area contributed by atoms with Crippen molar-refractivity contribution in [2.75, 3.05) is 7.05 Å². The molecule has 0 aliphatic rings. The van der Waals surface area contributed by atoms with E-state index in [1.165, 1.54) is 6.07 Å². The summed E-state index contributed by atoms with van der Waals surface area (Å²) in [6.07, 6.45) is 0.761. The lowest BCUT2D eigenvalue weighted by atomic mass is 10.0. The van der Waals surface area contributed by atoms with E-state index in [1.54, 1.807) is 12.1 Å². The Morgan fingerprint density at radius 3 is 2.64 bits per heavy atom. The Bertz CT molecular complexity index is 320. The first-order valence-electron chi connectivity index (χ1n) is 4.71. The summed E-state index contributed by atoms with van der Waals surface area (Å²) in [4.78, 5) is 0. The summed E-state index contributed by atoms with van der Waals surface area (Å²) in [6, 6.07) is 6.86. The van der Waals surface area contributed by atoms with Crippen LogP contribution in [0, 0.1) is 5.82 Å². The molecule has 0 saturated heterocycles. The van der Waals surface area contributed by atoms with Gasteiger partial charge in [-0.3, -0.25) is 0 Å². The smallest absolute Gasteiger partial charge is 0.127 e. The van der Waals surface area contributed by atoms with Crippen molar-refractivity contribution in [1.82, 2.24) is 5.32 Å². The molecule has 0 heterocycles. The van der Waals surface area contributed by atoms with Crippen molar-refractivity contribution in [3.8, 4) is 0 Å². The summed E-state index contributed by atoms with van der Waals surface area (Å²) in [5.41, 5.74) is 1.76. The second-order valence-electron chi connectivity index (χ2n) is 3.52. The number of nitrogens with one attached hydrogen (secondary N) is 1. The molecule has 1 N–H and O–H groups in total. The van der Waals surface area contributed by atoms with Gasteiger partial charge in [-0.1, -0.05) is 23.8 Å². The van der Waals surface area contributed by atoms with Gasteiger partial charge in [0.1, 0.15) is 5.82 Å². The average molecular weight is 193 g/mol. The minimum Gasteiger partial charge on any atom is -0.313 e. The van der Waals surface area contributed by atoms with Gasteiger partial charge in [0.2, 0.25) is 0 Å². The molecular formula is C12H16FN. The Balaban J connectivity index is 2.89. The van der Waals surface area contributed by atoms with E-state index in [1.807, 2.05) is 20.0 Å². The Labute approximate surface area is 84.6 Å². The molecule has 1 aromatic rings. The third-order valence-electron chi connectivity index (χ3n) is 2.18. The molecule has 14 heavy (non-hydrogen) atoms. The predicted octanol–water partition coefficient (Wildman–Crippen LogP) is 3.05.